The van der Waals surface area contributed by atoms with Gasteiger partial charge in [0, 0.05) is 17.3 Å². The standard InChI is InChI=1S/C9H13NO2S/c1-6-7(2)13-5-8(6)9(11)10(3)12-4/h5H,1-4H3. The molecule has 3 nitrogen and oxygen atoms in total. The molecule has 0 saturated carbocycles. The molecular weight excluding hydrogens is 186 g/mol. The van der Waals surface area contributed by atoms with Gasteiger partial charge in [-0.15, -0.1) is 11.3 Å². The Labute approximate surface area is 81.9 Å². The normalized spacial score (nSPS) is 10.2. The van der Waals surface area contributed by atoms with Gasteiger partial charge in [0.25, 0.3) is 5.91 Å². The molecule has 1 aromatic rings. The van der Waals surface area contributed by atoms with Crippen LogP contribution >= 0.6 is 11.3 Å². The molecule has 0 atom stereocenters. The molecule has 1 amide bonds. The Bertz CT molecular complexity index is 319. The fourth-order valence-electron chi connectivity index (χ4n) is 0.977. The van der Waals surface area contributed by atoms with Gasteiger partial charge in [0.05, 0.1) is 12.7 Å². The van der Waals surface area contributed by atoms with E-state index in [9.17, 15) is 4.79 Å². The average molecular weight is 199 g/mol. The van der Waals surface area contributed by atoms with Crippen molar-refractivity contribution in [3.05, 3.63) is 21.4 Å². The summed E-state index contributed by atoms with van der Waals surface area (Å²) in [6.07, 6.45) is 0. The molecular formula is C9H13NO2S. The van der Waals surface area contributed by atoms with Crippen LogP contribution < -0.4 is 0 Å². The molecule has 0 spiro atoms. The third-order valence-electron chi connectivity index (χ3n) is 2.08. The van der Waals surface area contributed by atoms with Gasteiger partial charge < -0.3 is 0 Å². The minimum atomic E-state index is -0.0932. The van der Waals surface area contributed by atoms with Crippen molar-refractivity contribution in [2.75, 3.05) is 14.2 Å². The van der Waals surface area contributed by atoms with Gasteiger partial charge in [-0.25, -0.2) is 5.06 Å². The molecule has 72 valence electrons. The Morgan fingerprint density at radius 1 is 1.54 bits per heavy atom. The molecule has 0 N–H and O–H groups in total. The Kier molecular flexibility index (Phi) is 3.06. The second kappa shape index (κ2) is 3.89. The van der Waals surface area contributed by atoms with Gasteiger partial charge in [-0.2, -0.15) is 0 Å². The molecule has 0 aliphatic carbocycles. The first kappa shape index (κ1) is 10.2. The highest BCUT2D eigenvalue weighted by molar-refractivity contribution is 7.10. The van der Waals surface area contributed by atoms with E-state index in [0.717, 1.165) is 11.1 Å². The molecule has 1 aromatic heterocycles. The highest BCUT2D eigenvalue weighted by Gasteiger charge is 2.15. The van der Waals surface area contributed by atoms with Crippen LogP contribution in [0, 0.1) is 13.8 Å². The van der Waals surface area contributed by atoms with Crippen molar-refractivity contribution in [1.29, 1.82) is 0 Å². The summed E-state index contributed by atoms with van der Waals surface area (Å²) in [5.41, 5.74) is 1.77. The summed E-state index contributed by atoms with van der Waals surface area (Å²) >= 11 is 1.58. The van der Waals surface area contributed by atoms with E-state index in [0.29, 0.717) is 0 Å². The van der Waals surface area contributed by atoms with E-state index in [1.165, 1.54) is 17.1 Å². The molecule has 4 heteroatoms. The number of rotatable bonds is 2. The third-order valence-corrected chi connectivity index (χ3v) is 3.09. The number of hydroxylamine groups is 2. The van der Waals surface area contributed by atoms with Crippen molar-refractivity contribution in [1.82, 2.24) is 5.06 Å². The van der Waals surface area contributed by atoms with Crippen molar-refractivity contribution in [3.63, 3.8) is 0 Å². The van der Waals surface area contributed by atoms with Crippen LogP contribution in [0.3, 0.4) is 0 Å². The number of amides is 1. The molecule has 0 radical (unpaired) electrons. The summed E-state index contributed by atoms with van der Waals surface area (Å²) in [4.78, 5) is 17.6. The summed E-state index contributed by atoms with van der Waals surface area (Å²) in [5, 5.41) is 3.09. The Balaban J connectivity index is 2.95. The molecule has 0 aromatic carbocycles. The lowest BCUT2D eigenvalue weighted by Gasteiger charge is -2.12. The van der Waals surface area contributed by atoms with E-state index in [1.807, 2.05) is 19.2 Å². The molecule has 0 unspecified atom stereocenters. The first-order valence-corrected chi connectivity index (χ1v) is 4.82. The lowest BCUT2D eigenvalue weighted by molar-refractivity contribution is -0.0757. The fraction of sp³-hybridized carbons (Fsp3) is 0.444. The summed E-state index contributed by atoms with van der Waals surface area (Å²) < 4.78 is 0. The summed E-state index contributed by atoms with van der Waals surface area (Å²) in [6, 6.07) is 0. The van der Waals surface area contributed by atoms with Crippen molar-refractivity contribution >= 4 is 17.2 Å². The molecule has 0 aliphatic rings. The van der Waals surface area contributed by atoms with Crippen LogP contribution in [-0.2, 0) is 4.84 Å². The zero-order valence-electron chi connectivity index (χ0n) is 8.25. The van der Waals surface area contributed by atoms with E-state index in [1.54, 1.807) is 18.4 Å². The second-order valence-electron chi connectivity index (χ2n) is 2.82. The maximum absolute atomic E-state index is 11.6. The van der Waals surface area contributed by atoms with E-state index in [4.69, 9.17) is 4.84 Å². The maximum Gasteiger partial charge on any atom is 0.278 e. The molecule has 0 aliphatic heterocycles. The number of nitrogens with zero attached hydrogens (tertiary/aromatic N) is 1. The van der Waals surface area contributed by atoms with Crippen molar-refractivity contribution in [2.45, 2.75) is 13.8 Å². The number of carbonyl (C=O) groups is 1. The van der Waals surface area contributed by atoms with E-state index in [2.05, 4.69) is 0 Å². The number of thiophene rings is 1. The minimum Gasteiger partial charge on any atom is -0.274 e. The molecule has 13 heavy (non-hydrogen) atoms. The summed E-state index contributed by atoms with van der Waals surface area (Å²) in [6.45, 7) is 3.95. The van der Waals surface area contributed by atoms with Gasteiger partial charge in [-0.3, -0.25) is 9.63 Å². The first-order chi connectivity index (χ1) is 6.07. The zero-order chi connectivity index (χ0) is 10.0. The highest BCUT2D eigenvalue weighted by atomic mass is 32.1. The van der Waals surface area contributed by atoms with Crippen LogP contribution in [0.4, 0.5) is 0 Å². The number of hydrogen-bond acceptors (Lipinski definition) is 3. The van der Waals surface area contributed by atoms with Gasteiger partial charge in [0.2, 0.25) is 0 Å². The van der Waals surface area contributed by atoms with Crippen LogP contribution in [0.2, 0.25) is 0 Å². The number of carbonyl (C=O) groups excluding carboxylic acids is 1. The first-order valence-electron chi connectivity index (χ1n) is 3.94. The molecule has 1 rings (SSSR count). The number of hydrogen-bond donors (Lipinski definition) is 0. The Morgan fingerprint density at radius 2 is 2.15 bits per heavy atom. The minimum absolute atomic E-state index is 0.0932. The largest absolute Gasteiger partial charge is 0.278 e. The van der Waals surface area contributed by atoms with Crippen LogP contribution in [0.1, 0.15) is 20.8 Å². The predicted octanol–water partition coefficient (Wildman–Crippen LogP) is 2.00. The predicted molar refractivity (Wildman–Crippen MR) is 52.9 cm³/mol. The van der Waals surface area contributed by atoms with Gasteiger partial charge in [-0.05, 0) is 19.4 Å². The van der Waals surface area contributed by atoms with Crippen molar-refractivity contribution in [3.8, 4) is 0 Å². The topological polar surface area (TPSA) is 29.5 Å². The molecule has 0 fully saturated rings. The molecule has 1 heterocycles. The van der Waals surface area contributed by atoms with Crippen LogP contribution in [0.15, 0.2) is 5.38 Å². The van der Waals surface area contributed by atoms with Crippen molar-refractivity contribution < 1.29 is 9.63 Å². The third kappa shape index (κ3) is 1.89. The Hall–Kier alpha value is -0.870. The zero-order valence-corrected chi connectivity index (χ0v) is 9.07. The summed E-state index contributed by atoms with van der Waals surface area (Å²) in [7, 11) is 3.08. The van der Waals surface area contributed by atoms with Crippen LogP contribution in [0.25, 0.3) is 0 Å². The SMILES string of the molecule is CON(C)C(=O)c1csc(C)c1C. The second-order valence-corrected chi connectivity index (χ2v) is 3.90. The van der Waals surface area contributed by atoms with E-state index < -0.39 is 0 Å². The van der Waals surface area contributed by atoms with Crippen LogP contribution in [0.5, 0.6) is 0 Å². The van der Waals surface area contributed by atoms with Gasteiger partial charge in [0.15, 0.2) is 0 Å². The lowest BCUT2D eigenvalue weighted by Crippen LogP contribution is -2.25. The number of aryl methyl sites for hydroxylation is 1. The average Bonchev–Trinajstić information content (AvgIpc) is 2.45. The fourth-order valence-corrected chi connectivity index (χ4v) is 1.84. The van der Waals surface area contributed by atoms with Gasteiger partial charge >= 0.3 is 0 Å². The molecule has 0 saturated heterocycles. The highest BCUT2D eigenvalue weighted by Crippen LogP contribution is 2.21. The maximum atomic E-state index is 11.6. The van der Waals surface area contributed by atoms with Crippen molar-refractivity contribution in [2.24, 2.45) is 0 Å². The van der Waals surface area contributed by atoms with Gasteiger partial charge in [0.1, 0.15) is 0 Å². The quantitative estimate of drug-likeness (QED) is 0.682. The van der Waals surface area contributed by atoms with Crippen LogP contribution in [-0.4, -0.2) is 25.1 Å². The van der Waals surface area contributed by atoms with Gasteiger partial charge in [-0.1, -0.05) is 0 Å². The van der Waals surface area contributed by atoms with E-state index in [-0.39, 0.29) is 5.91 Å². The Morgan fingerprint density at radius 3 is 2.54 bits per heavy atom. The monoisotopic (exact) mass is 199 g/mol. The van der Waals surface area contributed by atoms with E-state index >= 15 is 0 Å². The lowest BCUT2D eigenvalue weighted by atomic mass is 10.2. The smallest absolute Gasteiger partial charge is 0.274 e. The molecule has 0 bridgehead atoms. The summed E-state index contributed by atoms with van der Waals surface area (Å²) in [5.74, 6) is -0.0932.